The minimum Gasteiger partial charge on any atom is -0.464 e. The van der Waals surface area contributed by atoms with E-state index in [1.54, 1.807) is 0 Å². The SMILES string of the molecule is Cc1ccc(C2=NN3C(C2)c2cc(Cl)ccc2OC3c2cccc(Cl)c2)o1. The van der Waals surface area contributed by atoms with Crippen LogP contribution in [0.4, 0.5) is 0 Å². The summed E-state index contributed by atoms with van der Waals surface area (Å²) in [6, 6.07) is 17.3. The summed E-state index contributed by atoms with van der Waals surface area (Å²) in [7, 11) is 0. The summed E-state index contributed by atoms with van der Waals surface area (Å²) in [6.45, 7) is 1.93. The van der Waals surface area contributed by atoms with E-state index in [1.165, 1.54) is 0 Å². The fourth-order valence-electron chi connectivity index (χ4n) is 3.68. The van der Waals surface area contributed by atoms with Crippen LogP contribution in [0.15, 0.2) is 64.1 Å². The number of hydrogen-bond acceptors (Lipinski definition) is 4. The molecule has 0 radical (unpaired) electrons. The molecule has 2 aliphatic rings. The molecule has 2 atom stereocenters. The Hall–Kier alpha value is -2.43. The largest absolute Gasteiger partial charge is 0.464 e. The Bertz CT molecular complexity index is 1060. The van der Waals surface area contributed by atoms with Crippen molar-refractivity contribution in [1.29, 1.82) is 0 Å². The Morgan fingerprint density at radius 1 is 1.04 bits per heavy atom. The number of halogens is 2. The van der Waals surface area contributed by atoms with E-state index < -0.39 is 0 Å². The first-order valence-corrected chi connectivity index (χ1v) is 9.48. The Labute approximate surface area is 166 Å². The third-order valence-electron chi connectivity index (χ3n) is 4.91. The molecule has 2 unspecified atom stereocenters. The van der Waals surface area contributed by atoms with Crippen LogP contribution in [0.25, 0.3) is 0 Å². The molecule has 3 heterocycles. The van der Waals surface area contributed by atoms with Gasteiger partial charge in [0.2, 0.25) is 6.23 Å². The first-order chi connectivity index (χ1) is 13.1. The standard InChI is InChI=1S/C21H16Cl2N2O2/c1-12-5-7-20(26-12)17-11-18-16-10-15(23)6-8-19(16)27-21(25(18)24-17)13-3-2-4-14(22)9-13/h2-10,18,21H,11H2,1H3. The van der Waals surface area contributed by atoms with E-state index in [1.807, 2.05) is 66.5 Å². The molecule has 1 aromatic heterocycles. The lowest BCUT2D eigenvalue weighted by Gasteiger charge is -2.38. The number of furan rings is 1. The summed E-state index contributed by atoms with van der Waals surface area (Å²) in [6.07, 6.45) is 0.358. The zero-order valence-corrected chi connectivity index (χ0v) is 16.0. The number of rotatable bonds is 2. The number of fused-ring (bicyclic) bond motifs is 3. The van der Waals surface area contributed by atoms with Crippen molar-refractivity contribution >= 4 is 28.9 Å². The summed E-state index contributed by atoms with van der Waals surface area (Å²) in [5.74, 6) is 2.47. The molecule has 136 valence electrons. The molecule has 0 fully saturated rings. The van der Waals surface area contributed by atoms with E-state index in [4.69, 9.17) is 37.5 Å². The molecule has 6 heteroatoms. The zero-order valence-electron chi connectivity index (χ0n) is 14.5. The second kappa shape index (κ2) is 6.32. The summed E-state index contributed by atoms with van der Waals surface area (Å²) in [5, 5.41) is 8.19. The van der Waals surface area contributed by atoms with Gasteiger partial charge in [-0.05, 0) is 49.4 Å². The molecule has 0 aliphatic carbocycles. The van der Waals surface area contributed by atoms with Gasteiger partial charge in [-0.3, -0.25) is 0 Å². The van der Waals surface area contributed by atoms with Crippen LogP contribution in [-0.2, 0) is 0 Å². The van der Waals surface area contributed by atoms with Crippen LogP contribution in [0.3, 0.4) is 0 Å². The fourth-order valence-corrected chi connectivity index (χ4v) is 4.06. The smallest absolute Gasteiger partial charge is 0.213 e. The molecular formula is C21H16Cl2N2O2. The van der Waals surface area contributed by atoms with Gasteiger partial charge in [0.1, 0.15) is 23.0 Å². The van der Waals surface area contributed by atoms with E-state index in [0.717, 1.165) is 40.5 Å². The molecule has 0 saturated carbocycles. The van der Waals surface area contributed by atoms with Gasteiger partial charge >= 0.3 is 0 Å². The number of hydrazone groups is 1. The van der Waals surface area contributed by atoms with E-state index >= 15 is 0 Å². The van der Waals surface area contributed by atoms with Gasteiger partial charge < -0.3 is 9.15 Å². The number of ether oxygens (including phenoxy) is 1. The molecule has 0 spiro atoms. The molecule has 5 rings (SSSR count). The number of benzene rings is 2. The second-order valence-electron chi connectivity index (χ2n) is 6.76. The van der Waals surface area contributed by atoms with Crippen LogP contribution in [-0.4, -0.2) is 10.7 Å². The van der Waals surface area contributed by atoms with Crippen molar-refractivity contribution in [3.8, 4) is 5.75 Å². The third kappa shape index (κ3) is 2.89. The highest BCUT2D eigenvalue weighted by Gasteiger charge is 2.41. The highest BCUT2D eigenvalue weighted by Crippen LogP contribution is 2.48. The quantitative estimate of drug-likeness (QED) is 0.520. The summed E-state index contributed by atoms with van der Waals surface area (Å²) in [5.41, 5.74) is 2.88. The molecule has 3 aromatic rings. The second-order valence-corrected chi connectivity index (χ2v) is 7.64. The van der Waals surface area contributed by atoms with Crippen molar-refractivity contribution in [3.05, 3.63) is 87.3 Å². The normalized spacial score (nSPS) is 20.7. The van der Waals surface area contributed by atoms with Gasteiger partial charge in [-0.1, -0.05) is 35.3 Å². The zero-order chi connectivity index (χ0) is 18.5. The maximum atomic E-state index is 6.30. The van der Waals surface area contributed by atoms with Crippen molar-refractivity contribution in [2.45, 2.75) is 25.6 Å². The van der Waals surface area contributed by atoms with Crippen LogP contribution in [0.5, 0.6) is 5.75 Å². The van der Waals surface area contributed by atoms with Crippen molar-refractivity contribution in [1.82, 2.24) is 5.01 Å². The lowest BCUT2D eigenvalue weighted by molar-refractivity contribution is -0.0190. The summed E-state index contributed by atoms with van der Waals surface area (Å²) < 4.78 is 12.1. The molecule has 0 bridgehead atoms. The third-order valence-corrected chi connectivity index (χ3v) is 5.38. The first kappa shape index (κ1) is 16.7. The molecular weight excluding hydrogens is 383 g/mol. The van der Waals surface area contributed by atoms with Crippen molar-refractivity contribution in [3.63, 3.8) is 0 Å². The van der Waals surface area contributed by atoms with E-state index in [0.29, 0.717) is 10.0 Å². The highest BCUT2D eigenvalue weighted by molar-refractivity contribution is 6.31. The predicted molar refractivity (Wildman–Crippen MR) is 105 cm³/mol. The molecule has 27 heavy (non-hydrogen) atoms. The molecule has 0 amide bonds. The Kier molecular flexibility index (Phi) is 3.92. The average Bonchev–Trinajstić information content (AvgIpc) is 3.27. The molecule has 2 aliphatic heterocycles. The number of aryl methyl sites for hydroxylation is 1. The Morgan fingerprint density at radius 3 is 2.67 bits per heavy atom. The maximum absolute atomic E-state index is 6.30. The van der Waals surface area contributed by atoms with E-state index in [-0.39, 0.29) is 12.3 Å². The summed E-state index contributed by atoms with van der Waals surface area (Å²) >= 11 is 12.5. The average molecular weight is 399 g/mol. The van der Waals surface area contributed by atoms with E-state index in [2.05, 4.69) is 0 Å². The Balaban J connectivity index is 1.62. The van der Waals surface area contributed by atoms with Gasteiger partial charge in [0.05, 0.1) is 6.04 Å². The lowest BCUT2D eigenvalue weighted by Crippen LogP contribution is -2.33. The van der Waals surface area contributed by atoms with Gasteiger partial charge in [0.25, 0.3) is 0 Å². The number of nitrogens with zero attached hydrogens (tertiary/aromatic N) is 2. The van der Waals surface area contributed by atoms with E-state index in [9.17, 15) is 0 Å². The van der Waals surface area contributed by atoms with Crippen LogP contribution in [0, 0.1) is 6.92 Å². The van der Waals surface area contributed by atoms with Crippen LogP contribution in [0.2, 0.25) is 10.0 Å². The first-order valence-electron chi connectivity index (χ1n) is 8.73. The highest BCUT2D eigenvalue weighted by atomic mass is 35.5. The topological polar surface area (TPSA) is 38.0 Å². The van der Waals surface area contributed by atoms with Crippen LogP contribution >= 0.6 is 23.2 Å². The van der Waals surface area contributed by atoms with Gasteiger partial charge in [0, 0.05) is 27.6 Å². The van der Waals surface area contributed by atoms with Gasteiger partial charge in [-0.25, -0.2) is 5.01 Å². The van der Waals surface area contributed by atoms with Crippen molar-refractivity contribution in [2.24, 2.45) is 5.10 Å². The molecule has 0 N–H and O–H groups in total. The van der Waals surface area contributed by atoms with Crippen LogP contribution < -0.4 is 4.74 Å². The van der Waals surface area contributed by atoms with Crippen molar-refractivity contribution < 1.29 is 9.15 Å². The predicted octanol–water partition coefficient (Wildman–Crippen LogP) is 6.14. The maximum Gasteiger partial charge on any atom is 0.213 e. The van der Waals surface area contributed by atoms with Gasteiger partial charge in [0.15, 0.2) is 0 Å². The molecule has 2 aromatic carbocycles. The van der Waals surface area contributed by atoms with Crippen molar-refractivity contribution in [2.75, 3.05) is 0 Å². The molecule has 0 saturated heterocycles. The minimum absolute atomic E-state index is 0.0248. The minimum atomic E-state index is -0.365. The monoisotopic (exact) mass is 398 g/mol. The lowest BCUT2D eigenvalue weighted by atomic mass is 9.97. The fraction of sp³-hybridized carbons (Fsp3) is 0.190. The number of hydrogen-bond donors (Lipinski definition) is 0. The van der Waals surface area contributed by atoms with Gasteiger partial charge in [-0.15, -0.1) is 0 Å². The van der Waals surface area contributed by atoms with Crippen LogP contribution in [0.1, 0.15) is 41.3 Å². The summed E-state index contributed by atoms with van der Waals surface area (Å²) in [4.78, 5) is 0. The van der Waals surface area contributed by atoms with Gasteiger partial charge in [-0.2, -0.15) is 5.10 Å². The molecule has 4 nitrogen and oxygen atoms in total. The Morgan fingerprint density at radius 2 is 1.89 bits per heavy atom.